The van der Waals surface area contributed by atoms with Crippen molar-refractivity contribution < 1.29 is 24.2 Å². The van der Waals surface area contributed by atoms with E-state index in [-0.39, 0.29) is 24.5 Å². The molecule has 114 valence electrons. The molecule has 1 aromatic rings. The number of hydrogen-bond acceptors (Lipinski definition) is 3. The van der Waals surface area contributed by atoms with Crippen LogP contribution in [0.3, 0.4) is 0 Å². The first-order valence-electron chi connectivity index (χ1n) is 6.27. The molecule has 6 nitrogen and oxygen atoms in total. The van der Waals surface area contributed by atoms with Gasteiger partial charge in [-0.15, -0.1) is 0 Å². The van der Waals surface area contributed by atoms with Crippen LogP contribution in [0.4, 0.5) is 9.18 Å². The van der Waals surface area contributed by atoms with Crippen LogP contribution >= 0.6 is 11.6 Å². The molecule has 21 heavy (non-hydrogen) atoms. The van der Waals surface area contributed by atoms with Crippen LogP contribution in [0.25, 0.3) is 0 Å². The van der Waals surface area contributed by atoms with Crippen LogP contribution in [-0.4, -0.2) is 45.8 Å². The number of amides is 2. The zero-order valence-corrected chi connectivity index (χ0v) is 11.7. The number of likely N-dealkylation sites (tertiary alicyclic amines) is 1. The van der Waals surface area contributed by atoms with Gasteiger partial charge in [0.1, 0.15) is 11.9 Å². The van der Waals surface area contributed by atoms with E-state index in [1.807, 2.05) is 0 Å². The van der Waals surface area contributed by atoms with Gasteiger partial charge < -0.3 is 20.4 Å². The smallest absolute Gasteiger partial charge is 0.326 e. The first-order valence-corrected chi connectivity index (χ1v) is 6.65. The van der Waals surface area contributed by atoms with Crippen molar-refractivity contribution in [1.29, 1.82) is 0 Å². The molecule has 0 aliphatic carbocycles. The van der Waals surface area contributed by atoms with E-state index in [2.05, 4.69) is 5.32 Å². The van der Waals surface area contributed by atoms with Gasteiger partial charge in [0.25, 0.3) is 0 Å². The van der Waals surface area contributed by atoms with E-state index in [1.54, 1.807) is 0 Å². The Hall–Kier alpha value is -1.86. The SMILES string of the molecule is O=C(O)C1CC(O)CN1C(=O)NCc1ccc(F)c(Cl)c1. The molecular weight excluding hydrogens is 303 g/mol. The Labute approximate surface area is 125 Å². The van der Waals surface area contributed by atoms with Crippen molar-refractivity contribution in [3.8, 4) is 0 Å². The van der Waals surface area contributed by atoms with Crippen LogP contribution < -0.4 is 5.32 Å². The van der Waals surface area contributed by atoms with E-state index in [4.69, 9.17) is 16.7 Å². The Morgan fingerprint density at radius 2 is 2.19 bits per heavy atom. The number of benzene rings is 1. The number of carboxylic acids is 1. The van der Waals surface area contributed by atoms with Gasteiger partial charge in [-0.25, -0.2) is 14.0 Å². The molecule has 1 aliphatic heterocycles. The minimum atomic E-state index is -1.16. The van der Waals surface area contributed by atoms with Crippen LogP contribution in [0, 0.1) is 5.82 Å². The summed E-state index contributed by atoms with van der Waals surface area (Å²) < 4.78 is 13.0. The number of aliphatic hydroxyl groups excluding tert-OH is 1. The lowest BCUT2D eigenvalue weighted by atomic mass is 10.2. The normalized spacial score (nSPS) is 21.4. The number of nitrogens with zero attached hydrogens (tertiary/aromatic N) is 1. The third-order valence-electron chi connectivity index (χ3n) is 3.25. The molecule has 0 spiro atoms. The predicted molar refractivity (Wildman–Crippen MR) is 72.4 cm³/mol. The molecule has 1 aromatic carbocycles. The molecule has 0 saturated carbocycles. The molecular formula is C13H14ClFN2O4. The minimum absolute atomic E-state index is 0.00509. The van der Waals surface area contributed by atoms with Crippen LogP contribution in [0.5, 0.6) is 0 Å². The van der Waals surface area contributed by atoms with Gasteiger partial charge in [-0.05, 0) is 17.7 Å². The second-order valence-corrected chi connectivity index (χ2v) is 5.21. The second kappa shape index (κ2) is 6.28. The van der Waals surface area contributed by atoms with Crippen molar-refractivity contribution in [3.05, 3.63) is 34.6 Å². The Morgan fingerprint density at radius 3 is 2.81 bits per heavy atom. The third kappa shape index (κ3) is 3.62. The molecule has 1 fully saturated rings. The fourth-order valence-electron chi connectivity index (χ4n) is 2.20. The van der Waals surface area contributed by atoms with E-state index in [0.717, 1.165) is 4.90 Å². The van der Waals surface area contributed by atoms with Gasteiger partial charge in [0.2, 0.25) is 0 Å². The van der Waals surface area contributed by atoms with E-state index in [9.17, 15) is 19.1 Å². The summed E-state index contributed by atoms with van der Waals surface area (Å²) in [7, 11) is 0. The molecule has 2 amide bonds. The van der Waals surface area contributed by atoms with Crippen LogP contribution in [0.15, 0.2) is 18.2 Å². The zero-order valence-electron chi connectivity index (χ0n) is 10.9. The van der Waals surface area contributed by atoms with Gasteiger partial charge in [-0.1, -0.05) is 17.7 Å². The van der Waals surface area contributed by atoms with Crippen LogP contribution in [0.1, 0.15) is 12.0 Å². The van der Waals surface area contributed by atoms with Crippen LogP contribution in [-0.2, 0) is 11.3 Å². The lowest BCUT2D eigenvalue weighted by Crippen LogP contribution is -2.45. The van der Waals surface area contributed by atoms with Crippen molar-refractivity contribution in [2.24, 2.45) is 0 Å². The van der Waals surface area contributed by atoms with Gasteiger partial charge in [-0.3, -0.25) is 0 Å². The standard InChI is InChI=1S/C13H14ClFN2O4/c14-9-3-7(1-2-10(9)15)5-16-13(21)17-6-8(18)4-11(17)12(19)20/h1-3,8,11,18H,4-6H2,(H,16,21)(H,19,20). The number of hydrogen-bond donors (Lipinski definition) is 3. The first kappa shape index (κ1) is 15.5. The van der Waals surface area contributed by atoms with E-state index in [0.29, 0.717) is 5.56 Å². The topological polar surface area (TPSA) is 89.9 Å². The minimum Gasteiger partial charge on any atom is -0.480 e. The monoisotopic (exact) mass is 316 g/mol. The molecule has 3 N–H and O–H groups in total. The highest BCUT2D eigenvalue weighted by molar-refractivity contribution is 6.30. The third-order valence-corrected chi connectivity index (χ3v) is 3.54. The van der Waals surface area contributed by atoms with E-state index >= 15 is 0 Å². The summed E-state index contributed by atoms with van der Waals surface area (Å²) in [6.07, 6.45) is -0.845. The number of β-amino-alcohol motifs (C(OH)–C–C–N with tert-alkyl or cyclic N) is 1. The highest BCUT2D eigenvalue weighted by Crippen LogP contribution is 2.19. The summed E-state index contributed by atoms with van der Waals surface area (Å²) >= 11 is 5.63. The Balaban J connectivity index is 1.97. The largest absolute Gasteiger partial charge is 0.480 e. The number of aliphatic hydroxyl groups is 1. The molecule has 2 atom stereocenters. The van der Waals surface area contributed by atoms with Gasteiger partial charge in [-0.2, -0.15) is 0 Å². The van der Waals surface area contributed by atoms with Crippen molar-refractivity contribution in [1.82, 2.24) is 10.2 Å². The Bertz CT molecular complexity index is 569. The van der Waals surface area contributed by atoms with Gasteiger partial charge in [0, 0.05) is 19.5 Å². The summed E-state index contributed by atoms with van der Waals surface area (Å²) in [4.78, 5) is 24.1. The summed E-state index contributed by atoms with van der Waals surface area (Å²) in [5.74, 6) is -1.72. The average Bonchev–Trinajstić information content (AvgIpc) is 2.82. The number of carbonyl (C=O) groups is 2. The van der Waals surface area contributed by atoms with E-state index < -0.39 is 30.0 Å². The number of rotatable bonds is 3. The predicted octanol–water partition coefficient (Wildman–Crippen LogP) is 1.21. The maximum Gasteiger partial charge on any atom is 0.326 e. The van der Waals surface area contributed by atoms with Crippen molar-refractivity contribution in [2.45, 2.75) is 25.1 Å². The summed E-state index contributed by atoms with van der Waals surface area (Å²) in [5, 5.41) is 21.0. The fourth-order valence-corrected chi connectivity index (χ4v) is 2.40. The summed E-state index contributed by atoms with van der Waals surface area (Å²) in [5.41, 5.74) is 0.585. The number of carboxylic acid groups (broad SMARTS) is 1. The van der Waals surface area contributed by atoms with Crippen molar-refractivity contribution in [3.63, 3.8) is 0 Å². The molecule has 1 saturated heterocycles. The van der Waals surface area contributed by atoms with Gasteiger partial charge in [0.15, 0.2) is 0 Å². The molecule has 2 unspecified atom stereocenters. The maximum atomic E-state index is 13.0. The zero-order chi connectivity index (χ0) is 15.6. The molecule has 0 radical (unpaired) electrons. The average molecular weight is 317 g/mol. The first-order chi connectivity index (χ1) is 9.88. The molecule has 8 heteroatoms. The van der Waals surface area contributed by atoms with Crippen LogP contribution in [0.2, 0.25) is 5.02 Å². The molecule has 0 bridgehead atoms. The molecule has 0 aromatic heterocycles. The van der Waals surface area contributed by atoms with E-state index in [1.165, 1.54) is 18.2 Å². The Kier molecular flexibility index (Phi) is 4.64. The maximum absolute atomic E-state index is 13.0. The molecule has 1 aliphatic rings. The summed E-state index contributed by atoms with van der Waals surface area (Å²) in [6.45, 7) is 0.0464. The quantitative estimate of drug-likeness (QED) is 0.782. The van der Waals surface area contributed by atoms with Gasteiger partial charge >= 0.3 is 12.0 Å². The molecule has 1 heterocycles. The number of halogens is 2. The molecule has 2 rings (SSSR count). The Morgan fingerprint density at radius 1 is 1.48 bits per heavy atom. The van der Waals surface area contributed by atoms with Gasteiger partial charge in [0.05, 0.1) is 11.1 Å². The second-order valence-electron chi connectivity index (χ2n) is 4.80. The number of carbonyl (C=O) groups excluding carboxylic acids is 1. The van der Waals surface area contributed by atoms with Crippen molar-refractivity contribution in [2.75, 3.05) is 6.54 Å². The number of aliphatic carboxylic acids is 1. The summed E-state index contributed by atoms with van der Waals surface area (Å²) in [6, 6.07) is 2.39. The lowest BCUT2D eigenvalue weighted by molar-refractivity contribution is -0.141. The lowest BCUT2D eigenvalue weighted by Gasteiger charge is -2.21. The highest BCUT2D eigenvalue weighted by atomic mass is 35.5. The van der Waals surface area contributed by atoms with Crippen molar-refractivity contribution >= 4 is 23.6 Å². The number of nitrogens with one attached hydrogen (secondary N) is 1. The number of urea groups is 1. The highest BCUT2D eigenvalue weighted by Gasteiger charge is 2.38. The fraction of sp³-hybridized carbons (Fsp3) is 0.385.